The third kappa shape index (κ3) is 5.43. The van der Waals surface area contributed by atoms with E-state index in [1.165, 1.54) is 17.4 Å². The number of carbonyl (C=O) groups is 1. The summed E-state index contributed by atoms with van der Waals surface area (Å²) < 4.78 is 20.2. The Balaban J connectivity index is 0.00000256. The highest BCUT2D eigenvalue weighted by Gasteiger charge is 2.21. The number of ether oxygens (including phenoxy) is 1. The summed E-state index contributed by atoms with van der Waals surface area (Å²) in [7, 11) is 0. The maximum atomic E-state index is 14.1. The van der Waals surface area contributed by atoms with E-state index in [2.05, 4.69) is 9.88 Å². The number of rotatable bonds is 6. The largest absolute Gasteiger partial charge is 0.379 e. The van der Waals surface area contributed by atoms with Crippen molar-refractivity contribution in [3.8, 4) is 0 Å². The molecule has 0 aliphatic carbocycles. The second-order valence-corrected chi connectivity index (χ2v) is 7.78. The van der Waals surface area contributed by atoms with Crippen molar-refractivity contribution in [1.82, 2.24) is 9.88 Å². The van der Waals surface area contributed by atoms with Gasteiger partial charge in [0.25, 0.3) is 5.91 Å². The fourth-order valence-corrected chi connectivity index (χ4v) is 4.22. The van der Waals surface area contributed by atoms with Gasteiger partial charge in [-0.3, -0.25) is 14.6 Å². The Morgan fingerprint density at radius 2 is 1.93 bits per heavy atom. The van der Waals surface area contributed by atoms with Gasteiger partial charge < -0.3 is 4.74 Å². The van der Waals surface area contributed by atoms with Gasteiger partial charge in [0.1, 0.15) is 11.3 Å². The first-order chi connectivity index (χ1) is 14.2. The van der Waals surface area contributed by atoms with E-state index in [0.717, 1.165) is 23.4 Å². The Labute approximate surface area is 185 Å². The van der Waals surface area contributed by atoms with Crippen LogP contribution < -0.4 is 4.90 Å². The minimum absolute atomic E-state index is 0. The van der Waals surface area contributed by atoms with Gasteiger partial charge in [0.2, 0.25) is 0 Å². The van der Waals surface area contributed by atoms with E-state index in [-0.39, 0.29) is 24.1 Å². The lowest BCUT2D eigenvalue weighted by atomic mass is 10.2. The summed E-state index contributed by atoms with van der Waals surface area (Å²) in [4.78, 5) is 21.3. The Morgan fingerprint density at radius 1 is 1.17 bits per heavy atom. The number of halogens is 2. The zero-order valence-electron chi connectivity index (χ0n) is 16.4. The highest BCUT2D eigenvalue weighted by molar-refractivity contribution is 7.22. The van der Waals surface area contributed by atoms with Crippen LogP contribution in [0.4, 0.5) is 9.52 Å². The molecule has 8 heteroatoms. The molecule has 0 unspecified atom stereocenters. The molecule has 0 saturated carbocycles. The molecule has 2 heterocycles. The first-order valence-electron chi connectivity index (χ1n) is 9.60. The van der Waals surface area contributed by atoms with Crippen molar-refractivity contribution in [2.24, 2.45) is 0 Å². The van der Waals surface area contributed by atoms with Crippen molar-refractivity contribution in [1.29, 1.82) is 0 Å². The number of morpholine rings is 1. The first-order valence-corrected chi connectivity index (χ1v) is 10.4. The molecule has 1 amide bonds. The van der Waals surface area contributed by atoms with Crippen molar-refractivity contribution >= 4 is 51.1 Å². The van der Waals surface area contributed by atoms with Gasteiger partial charge in [-0.1, -0.05) is 47.7 Å². The number of carbonyl (C=O) groups excluding carboxylic acids is 1. The second kappa shape index (κ2) is 10.6. The molecule has 1 fully saturated rings. The minimum Gasteiger partial charge on any atom is -0.379 e. The van der Waals surface area contributed by atoms with Crippen molar-refractivity contribution < 1.29 is 13.9 Å². The number of nitrogens with zero attached hydrogens (tertiary/aromatic N) is 3. The Hall–Kier alpha value is -2.32. The molecule has 0 N–H and O–H groups in total. The van der Waals surface area contributed by atoms with E-state index < -0.39 is 0 Å². The summed E-state index contributed by atoms with van der Waals surface area (Å²) in [6.07, 6.45) is 3.34. The van der Waals surface area contributed by atoms with Crippen LogP contribution in [0, 0.1) is 5.82 Å². The number of hydrogen-bond acceptors (Lipinski definition) is 5. The summed E-state index contributed by atoms with van der Waals surface area (Å²) in [6, 6.07) is 14.5. The molecule has 1 saturated heterocycles. The number of anilines is 1. The third-order valence-corrected chi connectivity index (χ3v) is 5.86. The number of thiazole rings is 1. The van der Waals surface area contributed by atoms with Gasteiger partial charge in [-0.2, -0.15) is 0 Å². The third-order valence-electron chi connectivity index (χ3n) is 4.82. The average Bonchev–Trinajstić information content (AvgIpc) is 3.19. The van der Waals surface area contributed by atoms with Crippen LogP contribution in [0.1, 0.15) is 5.56 Å². The molecule has 4 rings (SSSR count). The molecular formula is C22H23ClFN3O2S. The predicted octanol–water partition coefficient (Wildman–Crippen LogP) is 4.24. The Kier molecular flexibility index (Phi) is 7.93. The molecule has 2 aromatic carbocycles. The average molecular weight is 448 g/mol. The van der Waals surface area contributed by atoms with Gasteiger partial charge in [-0.05, 0) is 23.8 Å². The van der Waals surface area contributed by atoms with Crippen LogP contribution in [0.3, 0.4) is 0 Å². The van der Waals surface area contributed by atoms with Crippen LogP contribution >= 0.6 is 23.7 Å². The molecule has 3 aromatic rings. The predicted molar refractivity (Wildman–Crippen MR) is 122 cm³/mol. The van der Waals surface area contributed by atoms with Crippen LogP contribution in [0.2, 0.25) is 0 Å². The highest BCUT2D eigenvalue weighted by atomic mass is 35.5. The van der Waals surface area contributed by atoms with Crippen LogP contribution in [-0.2, 0) is 9.53 Å². The lowest BCUT2D eigenvalue weighted by Gasteiger charge is -2.28. The minimum atomic E-state index is -0.370. The summed E-state index contributed by atoms with van der Waals surface area (Å²) in [5.41, 5.74) is 1.26. The first kappa shape index (κ1) is 22.4. The topological polar surface area (TPSA) is 45.7 Å². The standard InChI is InChI=1S/C22H22FN3O2S.ClH/c23-18-7-4-8-19-21(18)24-22(29-19)26(12-11-25-13-15-28-16-14-25)20(27)10-9-17-5-2-1-3-6-17;/h1-10H,11-16H2;1H/b10-9+;. The molecule has 5 nitrogen and oxygen atoms in total. The SMILES string of the molecule is Cl.O=C(/C=C/c1ccccc1)N(CCN1CCOCC1)c1nc2c(F)cccc2s1. The van der Waals surface area contributed by atoms with Crippen molar-refractivity contribution in [3.05, 3.63) is 66.0 Å². The molecule has 0 spiro atoms. The van der Waals surface area contributed by atoms with Crippen molar-refractivity contribution in [2.45, 2.75) is 0 Å². The molecule has 1 aliphatic rings. The number of amides is 1. The molecule has 1 aromatic heterocycles. The van der Waals surface area contributed by atoms with Gasteiger partial charge >= 0.3 is 0 Å². The van der Waals surface area contributed by atoms with Gasteiger partial charge in [-0.15, -0.1) is 12.4 Å². The number of fused-ring (bicyclic) bond motifs is 1. The Bertz CT molecular complexity index is 1010. The summed E-state index contributed by atoms with van der Waals surface area (Å²) in [5.74, 6) is -0.535. The molecule has 30 heavy (non-hydrogen) atoms. The Morgan fingerprint density at radius 3 is 2.67 bits per heavy atom. The van der Waals surface area contributed by atoms with E-state index in [9.17, 15) is 9.18 Å². The van der Waals surface area contributed by atoms with Crippen LogP contribution in [0.5, 0.6) is 0 Å². The highest BCUT2D eigenvalue weighted by Crippen LogP contribution is 2.30. The maximum absolute atomic E-state index is 14.1. The van der Waals surface area contributed by atoms with E-state index in [1.54, 1.807) is 23.1 Å². The van der Waals surface area contributed by atoms with Crippen molar-refractivity contribution in [2.75, 3.05) is 44.3 Å². The van der Waals surface area contributed by atoms with E-state index >= 15 is 0 Å². The molecule has 0 radical (unpaired) electrons. The van der Waals surface area contributed by atoms with Crippen LogP contribution in [-0.4, -0.2) is 55.2 Å². The van der Waals surface area contributed by atoms with E-state index in [0.29, 0.717) is 37.0 Å². The van der Waals surface area contributed by atoms with Crippen LogP contribution in [0.25, 0.3) is 16.3 Å². The van der Waals surface area contributed by atoms with Crippen molar-refractivity contribution in [3.63, 3.8) is 0 Å². The molecule has 158 valence electrons. The number of para-hydroxylation sites is 1. The van der Waals surface area contributed by atoms with E-state index in [4.69, 9.17) is 4.74 Å². The monoisotopic (exact) mass is 447 g/mol. The molecular weight excluding hydrogens is 425 g/mol. The zero-order valence-corrected chi connectivity index (χ0v) is 18.0. The van der Waals surface area contributed by atoms with E-state index in [1.807, 2.05) is 36.4 Å². The van der Waals surface area contributed by atoms with Crippen LogP contribution in [0.15, 0.2) is 54.6 Å². The maximum Gasteiger partial charge on any atom is 0.252 e. The summed E-state index contributed by atoms with van der Waals surface area (Å²) >= 11 is 1.33. The van der Waals surface area contributed by atoms with Gasteiger partial charge in [0.05, 0.1) is 17.9 Å². The summed E-state index contributed by atoms with van der Waals surface area (Å²) in [6.45, 7) is 4.29. The lowest BCUT2D eigenvalue weighted by Crippen LogP contribution is -2.42. The van der Waals surface area contributed by atoms with Gasteiger partial charge in [-0.25, -0.2) is 9.37 Å². The lowest BCUT2D eigenvalue weighted by molar-refractivity contribution is -0.114. The fraction of sp³-hybridized carbons (Fsp3) is 0.273. The summed E-state index contributed by atoms with van der Waals surface area (Å²) in [5, 5.41) is 0.515. The number of hydrogen-bond donors (Lipinski definition) is 0. The zero-order chi connectivity index (χ0) is 20.1. The van der Waals surface area contributed by atoms with Gasteiger partial charge in [0, 0.05) is 32.3 Å². The fourth-order valence-electron chi connectivity index (χ4n) is 3.21. The molecule has 0 atom stereocenters. The smallest absolute Gasteiger partial charge is 0.252 e. The quantitative estimate of drug-likeness (QED) is 0.530. The molecule has 1 aliphatic heterocycles. The molecule has 0 bridgehead atoms. The second-order valence-electron chi connectivity index (χ2n) is 6.77. The van der Waals surface area contributed by atoms with Gasteiger partial charge in [0.15, 0.2) is 5.13 Å². The number of benzene rings is 2. The normalized spacial score (nSPS) is 14.7. The number of aromatic nitrogens is 1.